The van der Waals surface area contributed by atoms with Crippen LogP contribution in [-0.2, 0) is 9.53 Å². The number of amidine groups is 1. The maximum Gasteiger partial charge on any atom is 0.303 e. The molecule has 1 aromatic rings. The number of nitrogens with zero attached hydrogens (tertiary/aromatic N) is 2. The Morgan fingerprint density at radius 3 is 2.52 bits per heavy atom. The zero-order valence-corrected chi connectivity index (χ0v) is 13.7. The normalized spacial score (nSPS) is 12.0. The van der Waals surface area contributed by atoms with Crippen LogP contribution >= 0.6 is 15.9 Å². The van der Waals surface area contributed by atoms with Gasteiger partial charge in [0.1, 0.15) is 5.84 Å². The lowest BCUT2D eigenvalue weighted by atomic mass is 10.1. The van der Waals surface area contributed by atoms with Gasteiger partial charge >= 0.3 is 5.97 Å². The van der Waals surface area contributed by atoms with Gasteiger partial charge in [-0.1, -0.05) is 0 Å². The Balaban J connectivity index is 3.01. The first-order valence-corrected chi connectivity index (χ1v) is 6.84. The number of esters is 1. The Hall–Kier alpha value is -1.96. The zero-order chi connectivity index (χ0) is 16.2. The van der Waals surface area contributed by atoms with Crippen molar-refractivity contribution in [2.75, 3.05) is 12.4 Å². The number of anilines is 1. The zero-order valence-electron chi connectivity index (χ0n) is 12.1. The fraction of sp³-hybridized carbons (Fsp3) is 0.385. The number of benzene rings is 1. The molecule has 0 fully saturated rings. The van der Waals surface area contributed by atoms with Crippen molar-refractivity contribution >= 4 is 39.1 Å². The second kappa shape index (κ2) is 6.66. The molecule has 0 spiro atoms. The summed E-state index contributed by atoms with van der Waals surface area (Å²) >= 11 is 3.14. The Labute approximate surface area is 130 Å². The number of hydrogen-bond acceptors (Lipinski definition) is 5. The van der Waals surface area contributed by atoms with Gasteiger partial charge in [-0.2, -0.15) is 0 Å². The Bertz CT molecular complexity index is 599. The highest BCUT2D eigenvalue weighted by Gasteiger charge is 2.28. The largest absolute Gasteiger partial charge is 0.452 e. The fourth-order valence-electron chi connectivity index (χ4n) is 1.75. The van der Waals surface area contributed by atoms with E-state index in [0.717, 1.165) is 0 Å². The highest BCUT2D eigenvalue weighted by molar-refractivity contribution is 9.10. The standard InChI is InChI=1S/C13H16BrN3O4/c1-8(18)21-13(2,3)12(15-4)16-9-5-6-11(17(19)20)10(14)7-9/h5-7H,1-4H3,(H,15,16). The third kappa shape index (κ3) is 4.52. The average molecular weight is 358 g/mol. The average Bonchev–Trinajstić information content (AvgIpc) is 2.33. The quantitative estimate of drug-likeness (QED) is 0.293. The molecule has 0 aromatic heterocycles. The van der Waals surface area contributed by atoms with Gasteiger partial charge in [0.2, 0.25) is 0 Å². The maximum atomic E-state index is 11.1. The van der Waals surface area contributed by atoms with Gasteiger partial charge in [0.25, 0.3) is 5.69 Å². The summed E-state index contributed by atoms with van der Waals surface area (Å²) in [7, 11) is 1.56. The van der Waals surface area contributed by atoms with Crippen molar-refractivity contribution in [3.63, 3.8) is 0 Å². The minimum absolute atomic E-state index is 0.0326. The van der Waals surface area contributed by atoms with Crippen LogP contribution in [-0.4, -0.2) is 29.4 Å². The minimum Gasteiger partial charge on any atom is -0.452 e. The molecule has 0 bridgehead atoms. The number of carbonyl (C=O) groups excluding carboxylic acids is 1. The maximum absolute atomic E-state index is 11.1. The monoisotopic (exact) mass is 357 g/mol. The number of nitrogens with one attached hydrogen (secondary N) is 1. The minimum atomic E-state index is -0.936. The van der Waals surface area contributed by atoms with Crippen molar-refractivity contribution in [1.29, 1.82) is 0 Å². The predicted molar refractivity (Wildman–Crippen MR) is 83.6 cm³/mol. The van der Waals surface area contributed by atoms with Crippen LogP contribution in [0.1, 0.15) is 20.8 Å². The second-order valence-corrected chi connectivity index (χ2v) is 5.58. The number of carbonyl (C=O) groups is 1. The summed E-state index contributed by atoms with van der Waals surface area (Å²) in [6, 6.07) is 4.49. The van der Waals surface area contributed by atoms with Crippen LogP contribution in [0.15, 0.2) is 27.7 Å². The van der Waals surface area contributed by atoms with Crippen molar-refractivity contribution in [2.45, 2.75) is 26.4 Å². The fourth-order valence-corrected chi connectivity index (χ4v) is 2.28. The molecule has 8 heteroatoms. The van der Waals surface area contributed by atoms with Gasteiger partial charge in [0.05, 0.1) is 9.40 Å². The summed E-state index contributed by atoms with van der Waals surface area (Å²) in [5, 5.41) is 13.8. The van der Waals surface area contributed by atoms with Crippen LogP contribution in [0, 0.1) is 10.1 Å². The molecule has 0 amide bonds. The number of rotatable bonds is 4. The van der Waals surface area contributed by atoms with Crippen LogP contribution < -0.4 is 5.32 Å². The van der Waals surface area contributed by atoms with Crippen molar-refractivity contribution < 1.29 is 14.5 Å². The molecule has 0 aliphatic heterocycles. The van der Waals surface area contributed by atoms with Crippen LogP contribution in [0.4, 0.5) is 11.4 Å². The summed E-state index contributed by atoms with van der Waals surface area (Å²) in [6.07, 6.45) is 0. The van der Waals surface area contributed by atoms with Gasteiger partial charge in [0, 0.05) is 25.7 Å². The topological polar surface area (TPSA) is 93.8 Å². The van der Waals surface area contributed by atoms with E-state index in [0.29, 0.717) is 16.0 Å². The van der Waals surface area contributed by atoms with E-state index in [2.05, 4.69) is 26.2 Å². The summed E-state index contributed by atoms with van der Waals surface area (Å²) in [6.45, 7) is 4.71. The molecule has 0 radical (unpaired) electrons. The van der Waals surface area contributed by atoms with Crippen molar-refractivity contribution in [3.8, 4) is 0 Å². The molecule has 1 rings (SSSR count). The van der Waals surface area contributed by atoms with Gasteiger partial charge in [0.15, 0.2) is 5.60 Å². The molecule has 0 unspecified atom stereocenters. The lowest BCUT2D eigenvalue weighted by Crippen LogP contribution is -2.41. The van der Waals surface area contributed by atoms with E-state index in [1.165, 1.54) is 13.0 Å². The number of ether oxygens (including phenoxy) is 1. The van der Waals surface area contributed by atoms with Gasteiger partial charge in [-0.25, -0.2) is 0 Å². The van der Waals surface area contributed by atoms with Crippen molar-refractivity contribution in [3.05, 3.63) is 32.8 Å². The van der Waals surface area contributed by atoms with Crippen molar-refractivity contribution in [2.24, 2.45) is 4.99 Å². The number of halogens is 1. The van der Waals surface area contributed by atoms with Gasteiger partial charge < -0.3 is 10.1 Å². The lowest BCUT2D eigenvalue weighted by molar-refractivity contribution is -0.385. The molecule has 0 saturated heterocycles. The van der Waals surface area contributed by atoms with Gasteiger partial charge in [-0.05, 0) is 41.9 Å². The Kier molecular flexibility index (Phi) is 5.42. The van der Waals surface area contributed by atoms with Gasteiger partial charge in [-0.3, -0.25) is 19.9 Å². The third-order valence-electron chi connectivity index (χ3n) is 2.60. The van der Waals surface area contributed by atoms with E-state index in [-0.39, 0.29) is 5.69 Å². The SMILES string of the molecule is CN=C(Nc1ccc([N+](=O)[O-])c(Br)c1)C(C)(C)OC(C)=O. The molecular weight excluding hydrogens is 342 g/mol. The number of hydrogen-bond donors (Lipinski definition) is 1. The van der Waals surface area contributed by atoms with Crippen LogP contribution in [0.5, 0.6) is 0 Å². The van der Waals surface area contributed by atoms with E-state index in [9.17, 15) is 14.9 Å². The molecule has 114 valence electrons. The molecule has 1 N–H and O–H groups in total. The van der Waals surface area contributed by atoms with Gasteiger partial charge in [-0.15, -0.1) is 0 Å². The van der Waals surface area contributed by atoms with Crippen molar-refractivity contribution in [1.82, 2.24) is 0 Å². The lowest BCUT2D eigenvalue weighted by Gasteiger charge is -2.27. The van der Waals surface area contributed by atoms with E-state index in [1.54, 1.807) is 33.0 Å². The number of aliphatic imine (C=N–C) groups is 1. The number of nitro benzene ring substituents is 1. The molecule has 1 aromatic carbocycles. The first kappa shape index (κ1) is 17.1. The molecule has 0 aliphatic rings. The van der Waals surface area contributed by atoms with Crippen LogP contribution in [0.3, 0.4) is 0 Å². The van der Waals surface area contributed by atoms with E-state index < -0.39 is 16.5 Å². The smallest absolute Gasteiger partial charge is 0.303 e. The highest BCUT2D eigenvalue weighted by atomic mass is 79.9. The summed E-state index contributed by atoms with van der Waals surface area (Å²) in [5.74, 6) is 0.00582. The summed E-state index contributed by atoms with van der Waals surface area (Å²) in [4.78, 5) is 25.5. The first-order chi connectivity index (χ1) is 9.67. The molecule has 0 aliphatic carbocycles. The summed E-state index contributed by atoms with van der Waals surface area (Å²) < 4.78 is 5.55. The summed E-state index contributed by atoms with van der Waals surface area (Å²) in [5.41, 5.74) is -0.377. The Morgan fingerprint density at radius 1 is 1.48 bits per heavy atom. The molecular formula is C13H16BrN3O4. The predicted octanol–water partition coefficient (Wildman–Crippen LogP) is 3.14. The molecule has 0 heterocycles. The highest BCUT2D eigenvalue weighted by Crippen LogP contribution is 2.28. The number of nitro groups is 1. The van der Waals surface area contributed by atoms with E-state index in [1.807, 2.05) is 0 Å². The molecule has 7 nitrogen and oxygen atoms in total. The third-order valence-corrected chi connectivity index (χ3v) is 3.24. The molecule has 0 atom stereocenters. The van der Waals surface area contributed by atoms with Crippen LogP contribution in [0.25, 0.3) is 0 Å². The second-order valence-electron chi connectivity index (χ2n) is 4.72. The van der Waals surface area contributed by atoms with E-state index in [4.69, 9.17) is 4.74 Å². The first-order valence-electron chi connectivity index (χ1n) is 6.05. The molecule has 21 heavy (non-hydrogen) atoms. The molecule has 0 saturated carbocycles. The van der Waals surface area contributed by atoms with E-state index >= 15 is 0 Å². The Morgan fingerprint density at radius 2 is 2.10 bits per heavy atom. The van der Waals surface area contributed by atoms with Crippen LogP contribution in [0.2, 0.25) is 0 Å².